The van der Waals surface area contributed by atoms with Gasteiger partial charge in [-0.05, 0) is 32.9 Å². The molecule has 0 aliphatic heterocycles. The zero-order chi connectivity index (χ0) is 11.5. The summed E-state index contributed by atoms with van der Waals surface area (Å²) in [5.41, 5.74) is 0.590. The van der Waals surface area contributed by atoms with Crippen LogP contribution >= 0.6 is 0 Å². The Hall–Kier alpha value is -1.38. The molecular weight excluding hydrogens is 188 g/mol. The van der Waals surface area contributed by atoms with Crippen molar-refractivity contribution < 1.29 is 4.79 Å². The Kier molecular flexibility index (Phi) is 3.45. The van der Waals surface area contributed by atoms with Gasteiger partial charge in [0.25, 0.3) is 0 Å². The number of pyridine rings is 1. The molecule has 1 rings (SSSR count). The van der Waals surface area contributed by atoms with Crippen LogP contribution in [0.5, 0.6) is 0 Å². The van der Waals surface area contributed by atoms with Gasteiger partial charge in [0.15, 0.2) is 5.78 Å². The maximum Gasteiger partial charge on any atom is 0.166 e. The summed E-state index contributed by atoms with van der Waals surface area (Å²) in [6.07, 6.45) is 2.20. The number of aromatic nitrogens is 1. The van der Waals surface area contributed by atoms with Gasteiger partial charge in [-0.25, -0.2) is 4.98 Å². The lowest BCUT2D eigenvalue weighted by Gasteiger charge is -2.22. The minimum atomic E-state index is -0.0862. The third-order valence-corrected chi connectivity index (χ3v) is 1.92. The molecule has 1 aromatic heterocycles. The van der Waals surface area contributed by atoms with Crippen LogP contribution < -0.4 is 5.32 Å². The van der Waals surface area contributed by atoms with Crippen molar-refractivity contribution in [2.45, 2.75) is 39.7 Å². The first kappa shape index (κ1) is 11.7. The van der Waals surface area contributed by atoms with Crippen molar-refractivity contribution in [2.75, 3.05) is 5.32 Å². The molecule has 15 heavy (non-hydrogen) atoms. The van der Waals surface area contributed by atoms with Gasteiger partial charge in [-0.2, -0.15) is 0 Å². The van der Waals surface area contributed by atoms with Crippen LogP contribution in [0.3, 0.4) is 0 Å². The number of ketones is 1. The normalized spacial score (nSPS) is 11.2. The van der Waals surface area contributed by atoms with Crippen molar-refractivity contribution in [3.63, 3.8) is 0 Å². The quantitative estimate of drug-likeness (QED) is 0.773. The minimum Gasteiger partial charge on any atom is -0.365 e. The smallest absolute Gasteiger partial charge is 0.166 e. The largest absolute Gasteiger partial charge is 0.365 e. The third-order valence-electron chi connectivity index (χ3n) is 1.92. The first-order valence-corrected chi connectivity index (χ1v) is 5.20. The van der Waals surface area contributed by atoms with E-state index in [1.807, 2.05) is 33.8 Å². The van der Waals surface area contributed by atoms with Crippen molar-refractivity contribution in [1.29, 1.82) is 0 Å². The van der Waals surface area contributed by atoms with Crippen LogP contribution in [0, 0.1) is 0 Å². The SMILES string of the molecule is CCC(=O)c1cccnc1NC(C)(C)C. The molecule has 3 nitrogen and oxygen atoms in total. The highest BCUT2D eigenvalue weighted by molar-refractivity contribution is 6.00. The van der Waals surface area contributed by atoms with E-state index in [1.165, 1.54) is 0 Å². The number of carbonyl (C=O) groups excluding carboxylic acids is 1. The Balaban J connectivity index is 3.02. The molecule has 0 unspecified atom stereocenters. The molecule has 1 N–H and O–H groups in total. The number of hydrogen-bond donors (Lipinski definition) is 1. The zero-order valence-electron chi connectivity index (χ0n) is 9.79. The lowest BCUT2D eigenvalue weighted by Crippen LogP contribution is -2.27. The molecule has 0 bridgehead atoms. The van der Waals surface area contributed by atoms with Gasteiger partial charge in [0.1, 0.15) is 5.82 Å². The molecule has 0 aliphatic rings. The van der Waals surface area contributed by atoms with E-state index >= 15 is 0 Å². The average molecular weight is 206 g/mol. The van der Waals surface area contributed by atoms with Crippen LogP contribution in [0.15, 0.2) is 18.3 Å². The maximum absolute atomic E-state index is 11.6. The molecule has 0 fully saturated rings. The molecule has 0 atom stereocenters. The molecular formula is C12H18N2O. The third kappa shape index (κ3) is 3.35. The second kappa shape index (κ2) is 4.43. The topological polar surface area (TPSA) is 42.0 Å². The van der Waals surface area contributed by atoms with E-state index in [0.717, 1.165) is 0 Å². The number of nitrogens with zero attached hydrogens (tertiary/aromatic N) is 1. The highest BCUT2D eigenvalue weighted by Crippen LogP contribution is 2.18. The Morgan fingerprint density at radius 3 is 2.67 bits per heavy atom. The zero-order valence-corrected chi connectivity index (χ0v) is 9.79. The monoisotopic (exact) mass is 206 g/mol. The van der Waals surface area contributed by atoms with Gasteiger partial charge in [-0.1, -0.05) is 6.92 Å². The predicted octanol–water partition coefficient (Wildman–Crippen LogP) is 2.88. The molecule has 0 radical (unpaired) electrons. The summed E-state index contributed by atoms with van der Waals surface area (Å²) in [7, 11) is 0. The summed E-state index contributed by atoms with van der Waals surface area (Å²) in [6, 6.07) is 3.60. The van der Waals surface area contributed by atoms with Crippen molar-refractivity contribution in [3.05, 3.63) is 23.9 Å². The fourth-order valence-corrected chi connectivity index (χ4v) is 1.28. The molecule has 3 heteroatoms. The van der Waals surface area contributed by atoms with Crippen molar-refractivity contribution in [3.8, 4) is 0 Å². The Morgan fingerprint density at radius 1 is 1.47 bits per heavy atom. The van der Waals surface area contributed by atoms with Crippen molar-refractivity contribution in [2.24, 2.45) is 0 Å². The lowest BCUT2D eigenvalue weighted by atomic mass is 10.1. The first-order valence-electron chi connectivity index (χ1n) is 5.20. The highest BCUT2D eigenvalue weighted by Gasteiger charge is 2.15. The molecule has 1 aromatic rings. The molecule has 1 heterocycles. The second-order valence-electron chi connectivity index (χ2n) is 4.55. The number of carbonyl (C=O) groups is 1. The Labute approximate surface area is 90.9 Å². The summed E-state index contributed by atoms with van der Waals surface area (Å²) < 4.78 is 0. The van der Waals surface area contributed by atoms with E-state index < -0.39 is 0 Å². The predicted molar refractivity (Wildman–Crippen MR) is 62.2 cm³/mol. The molecule has 0 aromatic carbocycles. The van der Waals surface area contributed by atoms with E-state index in [1.54, 1.807) is 12.3 Å². The second-order valence-corrected chi connectivity index (χ2v) is 4.55. The molecule has 82 valence electrons. The number of anilines is 1. The van der Waals surface area contributed by atoms with Crippen LogP contribution in [0.1, 0.15) is 44.5 Å². The maximum atomic E-state index is 11.6. The first-order chi connectivity index (χ1) is 6.94. The molecule has 0 aliphatic carbocycles. The van der Waals surface area contributed by atoms with E-state index in [2.05, 4.69) is 10.3 Å². The van der Waals surface area contributed by atoms with Crippen molar-refractivity contribution in [1.82, 2.24) is 4.98 Å². The van der Waals surface area contributed by atoms with Gasteiger partial charge in [0, 0.05) is 18.2 Å². The summed E-state index contributed by atoms with van der Waals surface area (Å²) in [6.45, 7) is 7.99. The summed E-state index contributed by atoms with van der Waals surface area (Å²) in [4.78, 5) is 15.8. The average Bonchev–Trinajstić information content (AvgIpc) is 2.15. The fourth-order valence-electron chi connectivity index (χ4n) is 1.28. The molecule has 0 amide bonds. The number of rotatable bonds is 3. The molecule has 0 spiro atoms. The number of Topliss-reactive ketones (excluding diaryl/α,β-unsaturated/α-hetero) is 1. The highest BCUT2D eigenvalue weighted by atomic mass is 16.1. The van der Waals surface area contributed by atoms with Crippen LogP contribution in [0.4, 0.5) is 5.82 Å². The van der Waals surface area contributed by atoms with E-state index in [4.69, 9.17) is 0 Å². The van der Waals surface area contributed by atoms with Crippen LogP contribution in [0.2, 0.25) is 0 Å². The minimum absolute atomic E-state index is 0.0862. The standard InChI is InChI=1S/C12H18N2O/c1-5-10(15)9-7-6-8-13-11(9)14-12(2,3)4/h6-8H,5H2,1-4H3,(H,13,14). The van der Waals surface area contributed by atoms with Gasteiger partial charge >= 0.3 is 0 Å². The van der Waals surface area contributed by atoms with Gasteiger partial charge in [-0.15, -0.1) is 0 Å². The number of hydrogen-bond acceptors (Lipinski definition) is 3. The summed E-state index contributed by atoms with van der Waals surface area (Å²) in [5, 5.41) is 3.23. The summed E-state index contributed by atoms with van der Waals surface area (Å²) >= 11 is 0. The number of nitrogens with one attached hydrogen (secondary N) is 1. The fraction of sp³-hybridized carbons (Fsp3) is 0.500. The van der Waals surface area contributed by atoms with Crippen LogP contribution in [0.25, 0.3) is 0 Å². The Morgan fingerprint density at radius 2 is 2.13 bits per heavy atom. The molecule has 0 saturated carbocycles. The van der Waals surface area contributed by atoms with Gasteiger partial charge < -0.3 is 5.32 Å². The Bertz CT molecular complexity index is 353. The van der Waals surface area contributed by atoms with Gasteiger partial charge in [0.2, 0.25) is 0 Å². The van der Waals surface area contributed by atoms with Crippen LogP contribution in [-0.2, 0) is 0 Å². The van der Waals surface area contributed by atoms with Crippen LogP contribution in [-0.4, -0.2) is 16.3 Å². The summed E-state index contributed by atoms with van der Waals surface area (Å²) in [5.74, 6) is 0.798. The van der Waals surface area contributed by atoms with Gasteiger partial charge in [-0.3, -0.25) is 4.79 Å². The van der Waals surface area contributed by atoms with E-state index in [9.17, 15) is 4.79 Å². The van der Waals surface area contributed by atoms with Crippen molar-refractivity contribution >= 4 is 11.6 Å². The van der Waals surface area contributed by atoms with Gasteiger partial charge in [0.05, 0.1) is 5.56 Å². The van der Waals surface area contributed by atoms with E-state index in [-0.39, 0.29) is 11.3 Å². The molecule has 0 saturated heterocycles. The van der Waals surface area contributed by atoms with E-state index in [0.29, 0.717) is 17.8 Å². The lowest BCUT2D eigenvalue weighted by molar-refractivity contribution is 0.0988.